The third-order valence-electron chi connectivity index (χ3n) is 4.04. The maximum atomic E-state index is 4.62. The molecule has 3 aromatic heterocycles. The number of hydrogen-bond donors (Lipinski definition) is 2. The van der Waals surface area contributed by atoms with Crippen molar-refractivity contribution in [3.63, 3.8) is 0 Å². The second kappa shape index (κ2) is 10.5. The van der Waals surface area contributed by atoms with E-state index in [9.17, 15) is 0 Å². The van der Waals surface area contributed by atoms with Crippen LogP contribution in [0.25, 0.3) is 46.4 Å². The zero-order valence-electron chi connectivity index (χ0n) is 15.2. The third kappa shape index (κ3) is 5.49. The van der Waals surface area contributed by atoms with Gasteiger partial charge in [-0.05, 0) is 72.8 Å². The average molecular weight is 438 g/mol. The van der Waals surface area contributed by atoms with E-state index in [2.05, 4.69) is 50.3 Å². The molecule has 5 rings (SSSR count). The summed E-state index contributed by atoms with van der Waals surface area (Å²) in [5.74, 6) is 0. The minimum Gasteiger partial charge on any atom is -0.412 e. The number of aromatic nitrogens is 4. The Hall–Kier alpha value is -3.04. The maximum absolute atomic E-state index is 4.62. The van der Waals surface area contributed by atoms with Crippen LogP contribution in [-0.2, 0) is 17.1 Å². The second-order valence-electron chi connectivity index (χ2n) is 5.91. The van der Waals surface area contributed by atoms with Gasteiger partial charge in [0.05, 0.1) is 22.8 Å². The maximum Gasteiger partial charge on any atom is 0.0659 e. The summed E-state index contributed by atoms with van der Waals surface area (Å²) < 4.78 is 0. The Morgan fingerprint density at radius 1 is 0.448 bits per heavy atom. The third-order valence-corrected chi connectivity index (χ3v) is 4.04. The van der Waals surface area contributed by atoms with Crippen LogP contribution in [0.2, 0.25) is 0 Å². The van der Waals surface area contributed by atoms with Gasteiger partial charge in [0.25, 0.3) is 0 Å². The van der Waals surface area contributed by atoms with Crippen LogP contribution in [0.5, 0.6) is 0 Å². The summed E-state index contributed by atoms with van der Waals surface area (Å²) in [6, 6.07) is 16.4. The van der Waals surface area contributed by atoms with Crippen molar-refractivity contribution >= 4 is 46.4 Å². The summed E-state index contributed by atoms with van der Waals surface area (Å²) in [5.41, 5.74) is 7.86. The molecular weight excluding hydrogens is 416 g/mol. The van der Waals surface area contributed by atoms with E-state index in [0.717, 1.165) is 44.8 Å². The van der Waals surface area contributed by atoms with Crippen molar-refractivity contribution in [1.82, 2.24) is 19.9 Å². The Morgan fingerprint density at radius 2 is 0.759 bits per heavy atom. The van der Waals surface area contributed by atoms with Gasteiger partial charge in [0.1, 0.15) is 0 Å². The number of hydrogen-bond acceptors (Lipinski definition) is 2. The monoisotopic (exact) mass is 438 g/mol. The van der Waals surface area contributed by atoms with Gasteiger partial charge in [-0.3, -0.25) is 0 Å². The first-order chi connectivity index (χ1) is 11.8. The van der Waals surface area contributed by atoms with E-state index in [1.807, 2.05) is 42.5 Å². The van der Waals surface area contributed by atoms with E-state index < -0.39 is 0 Å². The van der Waals surface area contributed by atoms with Gasteiger partial charge in [0.2, 0.25) is 0 Å². The molecule has 29 heavy (non-hydrogen) atoms. The predicted molar refractivity (Wildman–Crippen MR) is 113 cm³/mol. The molecule has 0 saturated carbocycles. The van der Waals surface area contributed by atoms with Gasteiger partial charge in [-0.15, -0.1) is 0 Å². The molecule has 154 valence electrons. The normalized spacial score (nSPS) is 10.5. The summed E-state index contributed by atoms with van der Waals surface area (Å²) in [5, 5.41) is 0. The molecule has 2 aliphatic rings. The molecule has 8 nitrogen and oxygen atoms in total. The number of aromatic amines is 2. The molecule has 2 aliphatic heterocycles. The second-order valence-corrected chi connectivity index (χ2v) is 5.91. The number of H-pyrrole nitrogens is 2. The minimum atomic E-state index is 0. The number of rotatable bonds is 0. The Kier molecular flexibility index (Phi) is 9.39. The van der Waals surface area contributed by atoms with Crippen LogP contribution in [0.1, 0.15) is 22.8 Å². The first-order valence-electron chi connectivity index (χ1n) is 7.85. The zero-order chi connectivity index (χ0) is 15.9. The predicted octanol–water partition coefficient (Wildman–Crippen LogP) is 1.35. The van der Waals surface area contributed by atoms with Crippen LogP contribution in [-0.4, -0.2) is 41.8 Å². The molecule has 0 aromatic carbocycles. The average Bonchev–Trinajstić information content (AvgIpc) is 3.32. The van der Waals surface area contributed by atoms with Gasteiger partial charge in [0, 0.05) is 39.1 Å². The van der Waals surface area contributed by atoms with E-state index in [-0.39, 0.29) is 39.0 Å². The van der Waals surface area contributed by atoms with E-state index in [1.54, 1.807) is 0 Å². The molecule has 0 amide bonds. The standard InChI is InChI=1S/C20H14N4.Fe.4H2O/c1-2-14-10-16-5-6-18(23-16)12-20-8-7-19(24-20)11-17-4-3-15(22-17)9-13(1)21-14;;;;;/h1-12,21-22H;;4*1H2. The Labute approximate surface area is 176 Å². The van der Waals surface area contributed by atoms with Crippen molar-refractivity contribution in [3.05, 3.63) is 71.3 Å². The molecule has 8 bridgehead atoms. The summed E-state index contributed by atoms with van der Waals surface area (Å²) in [6.45, 7) is 0. The fourth-order valence-corrected chi connectivity index (χ4v) is 2.94. The smallest absolute Gasteiger partial charge is 0.0659 e. The van der Waals surface area contributed by atoms with Crippen LogP contribution in [0.3, 0.4) is 0 Å². The summed E-state index contributed by atoms with van der Waals surface area (Å²) in [7, 11) is 0. The fourth-order valence-electron chi connectivity index (χ4n) is 2.94. The number of nitrogens with zero attached hydrogens (tertiary/aromatic N) is 2. The van der Waals surface area contributed by atoms with E-state index in [4.69, 9.17) is 0 Å². The molecule has 0 aliphatic carbocycles. The van der Waals surface area contributed by atoms with Crippen molar-refractivity contribution in [2.24, 2.45) is 0 Å². The van der Waals surface area contributed by atoms with Crippen molar-refractivity contribution in [2.45, 2.75) is 0 Å². The van der Waals surface area contributed by atoms with Crippen LogP contribution in [0, 0.1) is 0 Å². The molecule has 0 radical (unpaired) electrons. The first kappa shape index (κ1) is 26.0. The molecule has 0 atom stereocenters. The van der Waals surface area contributed by atoms with Crippen LogP contribution < -0.4 is 0 Å². The summed E-state index contributed by atoms with van der Waals surface area (Å²) in [4.78, 5) is 16.0. The van der Waals surface area contributed by atoms with E-state index in [1.165, 1.54) is 0 Å². The van der Waals surface area contributed by atoms with Gasteiger partial charge in [-0.25, -0.2) is 9.97 Å². The Morgan fingerprint density at radius 3 is 1.14 bits per heavy atom. The van der Waals surface area contributed by atoms with Crippen LogP contribution in [0.4, 0.5) is 0 Å². The zero-order valence-corrected chi connectivity index (χ0v) is 16.3. The van der Waals surface area contributed by atoms with E-state index >= 15 is 0 Å². The Balaban J connectivity index is 0.00000157. The van der Waals surface area contributed by atoms with Gasteiger partial charge in [0.15, 0.2) is 0 Å². The molecule has 0 unspecified atom stereocenters. The summed E-state index contributed by atoms with van der Waals surface area (Å²) in [6.07, 6.45) is 8.05. The van der Waals surface area contributed by atoms with Crippen molar-refractivity contribution < 1.29 is 39.0 Å². The van der Waals surface area contributed by atoms with Crippen LogP contribution in [0.15, 0.2) is 48.5 Å². The Bertz CT molecular complexity index is 1090. The van der Waals surface area contributed by atoms with Crippen LogP contribution >= 0.6 is 0 Å². The van der Waals surface area contributed by atoms with E-state index in [0.29, 0.717) is 0 Å². The molecule has 0 spiro atoms. The number of nitrogens with one attached hydrogen (secondary N) is 2. The van der Waals surface area contributed by atoms with Gasteiger partial charge in [-0.2, -0.15) is 0 Å². The molecule has 10 N–H and O–H groups in total. The molecule has 3 aromatic rings. The molecular formula is C20H22FeN4O4. The van der Waals surface area contributed by atoms with Crippen molar-refractivity contribution in [1.29, 1.82) is 0 Å². The molecule has 0 saturated heterocycles. The van der Waals surface area contributed by atoms with Crippen molar-refractivity contribution in [3.8, 4) is 0 Å². The summed E-state index contributed by atoms with van der Waals surface area (Å²) >= 11 is 0. The first-order valence-corrected chi connectivity index (χ1v) is 7.85. The topological polar surface area (TPSA) is 183 Å². The van der Waals surface area contributed by atoms with Gasteiger partial charge >= 0.3 is 0 Å². The molecule has 5 heterocycles. The molecule has 0 fully saturated rings. The van der Waals surface area contributed by atoms with Crippen molar-refractivity contribution in [2.75, 3.05) is 0 Å². The SMILES string of the molecule is C1=Cc2cc3ccc(cc4ccc(cc5nc(cc1n2)C=C5)[nH]4)[nH]3.O.O.O.O.[Fe]. The minimum absolute atomic E-state index is 0. The van der Waals surface area contributed by atoms with Gasteiger partial charge in [-0.1, -0.05) is 0 Å². The fraction of sp³-hybridized carbons (Fsp3) is 0. The quantitative estimate of drug-likeness (QED) is 0.346. The largest absolute Gasteiger partial charge is 0.412 e. The molecule has 9 heteroatoms. The van der Waals surface area contributed by atoms with Gasteiger partial charge < -0.3 is 31.9 Å². The number of fused-ring (bicyclic) bond motifs is 8.